The van der Waals surface area contributed by atoms with E-state index in [1.165, 1.54) is 12.1 Å². The third-order valence-corrected chi connectivity index (χ3v) is 3.89. The Bertz CT molecular complexity index is 508. The summed E-state index contributed by atoms with van der Waals surface area (Å²) in [5, 5.41) is 13.6. The maximum absolute atomic E-state index is 14.2. The molecule has 1 aliphatic rings. The first-order chi connectivity index (χ1) is 9.50. The molecule has 0 radical (unpaired) electrons. The maximum Gasteiger partial charge on any atom is 0.141 e. The minimum atomic E-state index is -0.420. The molecule has 0 saturated carbocycles. The summed E-state index contributed by atoms with van der Waals surface area (Å²) < 4.78 is 14.2. The molecule has 7 heteroatoms. The summed E-state index contributed by atoms with van der Waals surface area (Å²) >= 11 is 5.94. The fourth-order valence-electron chi connectivity index (χ4n) is 2.61. The molecule has 1 saturated heterocycles. The smallest absolute Gasteiger partial charge is 0.141 e. The number of benzene rings is 1. The average molecular weight is 372 g/mol. The zero-order valence-corrected chi connectivity index (χ0v) is 14.8. The number of halogens is 4. The van der Waals surface area contributed by atoms with Gasteiger partial charge in [0.25, 0.3) is 0 Å². The van der Waals surface area contributed by atoms with Crippen LogP contribution in [0, 0.1) is 5.82 Å². The second-order valence-corrected chi connectivity index (χ2v) is 5.66. The lowest BCUT2D eigenvalue weighted by molar-refractivity contribution is 0.166. The van der Waals surface area contributed by atoms with Crippen molar-refractivity contribution in [3.63, 3.8) is 0 Å². The van der Waals surface area contributed by atoms with Crippen LogP contribution in [0.2, 0.25) is 5.02 Å². The quantitative estimate of drug-likeness (QED) is 0.787. The van der Waals surface area contributed by atoms with Gasteiger partial charge >= 0.3 is 0 Å². The van der Waals surface area contributed by atoms with Crippen LogP contribution in [0.25, 0.3) is 0 Å². The molecule has 22 heavy (non-hydrogen) atoms. The van der Waals surface area contributed by atoms with Gasteiger partial charge in [0.15, 0.2) is 0 Å². The fraction of sp³-hybridized carbons (Fsp3) is 0.467. The molecule has 0 amide bonds. The summed E-state index contributed by atoms with van der Waals surface area (Å²) in [5.74, 6) is -0.576. The summed E-state index contributed by atoms with van der Waals surface area (Å²) in [7, 11) is 0. The van der Waals surface area contributed by atoms with E-state index in [-0.39, 0.29) is 47.2 Å². The molecule has 1 fully saturated rings. The molecule has 1 atom stereocenters. The Labute approximate surface area is 148 Å². The number of rotatable bonds is 4. The molecule has 126 valence electrons. The zero-order chi connectivity index (χ0) is 14.7. The lowest BCUT2D eigenvalue weighted by Crippen LogP contribution is -2.45. The highest BCUT2D eigenvalue weighted by Crippen LogP contribution is 2.39. The van der Waals surface area contributed by atoms with Crippen LogP contribution in [0.4, 0.5) is 4.39 Å². The molecule has 2 N–H and O–H groups in total. The summed E-state index contributed by atoms with van der Waals surface area (Å²) in [4.78, 5) is 2.17. The lowest BCUT2D eigenvalue weighted by atomic mass is 9.96. The van der Waals surface area contributed by atoms with Crippen molar-refractivity contribution >= 4 is 36.4 Å². The molecule has 2 rings (SSSR count). The van der Waals surface area contributed by atoms with E-state index in [0.29, 0.717) is 6.42 Å². The molecular weight excluding hydrogens is 350 g/mol. The van der Waals surface area contributed by atoms with Crippen molar-refractivity contribution in [1.29, 1.82) is 0 Å². The molecule has 1 aromatic rings. The number of nitrogens with one attached hydrogen (secondary N) is 1. The van der Waals surface area contributed by atoms with Gasteiger partial charge < -0.3 is 10.4 Å². The third-order valence-electron chi connectivity index (χ3n) is 3.58. The number of aromatic hydroxyl groups is 1. The van der Waals surface area contributed by atoms with E-state index in [1.54, 1.807) is 0 Å². The number of piperazine rings is 1. The van der Waals surface area contributed by atoms with Crippen molar-refractivity contribution in [1.82, 2.24) is 10.2 Å². The Hall–Kier alpha value is -0.520. The normalized spacial score (nSPS) is 16.3. The number of nitrogens with zero attached hydrogens (tertiary/aromatic N) is 1. The van der Waals surface area contributed by atoms with Crippen LogP contribution >= 0.6 is 36.4 Å². The number of phenolic OH excluding ortho intramolecular Hbond substituents is 1. The molecular formula is C15H22Cl3FN2O. The van der Waals surface area contributed by atoms with Crippen molar-refractivity contribution < 1.29 is 9.50 Å². The molecule has 3 nitrogen and oxygen atoms in total. The van der Waals surface area contributed by atoms with E-state index in [4.69, 9.17) is 11.6 Å². The number of phenols is 1. The van der Waals surface area contributed by atoms with E-state index in [9.17, 15) is 9.50 Å². The first-order valence-corrected chi connectivity index (χ1v) is 7.14. The number of hydrogen-bond acceptors (Lipinski definition) is 3. The predicted octanol–water partition coefficient (Wildman–Crippen LogP) is 3.94. The molecule has 0 aromatic heterocycles. The Balaban J connectivity index is 0.00000220. The summed E-state index contributed by atoms with van der Waals surface area (Å²) in [6.45, 7) is 9.16. The van der Waals surface area contributed by atoms with Gasteiger partial charge in [-0.25, -0.2) is 4.39 Å². The second-order valence-electron chi connectivity index (χ2n) is 5.25. The van der Waals surface area contributed by atoms with Gasteiger partial charge in [-0.1, -0.05) is 17.2 Å². The summed E-state index contributed by atoms with van der Waals surface area (Å²) in [6, 6.07) is 2.46. The van der Waals surface area contributed by atoms with E-state index in [1.807, 2.05) is 6.92 Å². The minimum absolute atomic E-state index is 0. The van der Waals surface area contributed by atoms with Crippen molar-refractivity contribution in [3.05, 3.63) is 40.7 Å². The monoisotopic (exact) mass is 370 g/mol. The van der Waals surface area contributed by atoms with E-state index < -0.39 is 5.82 Å². The van der Waals surface area contributed by atoms with E-state index in [0.717, 1.165) is 31.8 Å². The highest BCUT2D eigenvalue weighted by Gasteiger charge is 2.28. The van der Waals surface area contributed by atoms with Crippen LogP contribution in [-0.4, -0.2) is 36.2 Å². The van der Waals surface area contributed by atoms with Crippen LogP contribution in [-0.2, 0) is 0 Å². The van der Waals surface area contributed by atoms with Gasteiger partial charge in [-0.05, 0) is 25.5 Å². The van der Waals surface area contributed by atoms with Crippen LogP contribution in [0.3, 0.4) is 0 Å². The van der Waals surface area contributed by atoms with Crippen molar-refractivity contribution in [2.24, 2.45) is 0 Å². The Morgan fingerprint density at radius 2 is 2.00 bits per heavy atom. The summed E-state index contributed by atoms with van der Waals surface area (Å²) in [5.41, 5.74) is 1.23. The van der Waals surface area contributed by atoms with Crippen molar-refractivity contribution in [3.8, 4) is 5.75 Å². The Kier molecular flexibility index (Phi) is 9.35. The van der Waals surface area contributed by atoms with Gasteiger partial charge in [0.1, 0.15) is 11.6 Å². The molecule has 1 aliphatic heterocycles. The zero-order valence-electron chi connectivity index (χ0n) is 12.4. The SMILES string of the molecule is C=C(C)C[C@H](c1c(F)ccc(Cl)c1O)N1CCNCC1.Cl.Cl. The van der Waals surface area contributed by atoms with Gasteiger partial charge in [0, 0.05) is 37.8 Å². The van der Waals surface area contributed by atoms with Crippen molar-refractivity contribution in [2.45, 2.75) is 19.4 Å². The van der Waals surface area contributed by atoms with E-state index >= 15 is 0 Å². The molecule has 0 bridgehead atoms. The first-order valence-electron chi connectivity index (χ1n) is 6.76. The van der Waals surface area contributed by atoms with E-state index in [2.05, 4.69) is 16.8 Å². The molecule has 1 aromatic carbocycles. The van der Waals surface area contributed by atoms with Gasteiger partial charge in [-0.2, -0.15) is 0 Å². The minimum Gasteiger partial charge on any atom is -0.506 e. The van der Waals surface area contributed by atoms with Crippen LogP contribution < -0.4 is 5.32 Å². The molecule has 0 unspecified atom stereocenters. The standard InChI is InChI=1S/C15H20ClFN2O.2ClH/c1-10(2)9-13(19-7-5-18-6-8-19)14-12(17)4-3-11(16)15(14)20;;/h3-4,13,18,20H,1,5-9H2,2H3;2*1H/t13-;;/m1../s1. The van der Waals surface area contributed by atoms with Gasteiger partial charge in [0.2, 0.25) is 0 Å². The van der Waals surface area contributed by atoms with Crippen LogP contribution in [0.15, 0.2) is 24.3 Å². The molecule has 1 heterocycles. The van der Waals surface area contributed by atoms with Gasteiger partial charge in [-0.15, -0.1) is 31.4 Å². The first kappa shape index (κ1) is 21.5. The molecule has 0 aliphatic carbocycles. The van der Waals surface area contributed by atoms with Crippen LogP contribution in [0.5, 0.6) is 5.75 Å². The molecule has 0 spiro atoms. The summed E-state index contributed by atoms with van der Waals surface area (Å²) in [6.07, 6.45) is 0.602. The Morgan fingerprint density at radius 1 is 1.41 bits per heavy atom. The highest BCUT2D eigenvalue weighted by atomic mass is 35.5. The van der Waals surface area contributed by atoms with Gasteiger partial charge in [0.05, 0.1) is 5.02 Å². The average Bonchev–Trinajstić information content (AvgIpc) is 2.43. The Morgan fingerprint density at radius 3 is 2.55 bits per heavy atom. The second kappa shape index (κ2) is 9.58. The third kappa shape index (κ3) is 5.00. The highest BCUT2D eigenvalue weighted by molar-refractivity contribution is 6.32. The lowest BCUT2D eigenvalue weighted by Gasteiger charge is -2.36. The number of hydrogen-bond donors (Lipinski definition) is 2. The van der Waals surface area contributed by atoms with Crippen LogP contribution in [0.1, 0.15) is 24.9 Å². The largest absolute Gasteiger partial charge is 0.506 e. The van der Waals surface area contributed by atoms with Gasteiger partial charge in [-0.3, -0.25) is 4.90 Å². The fourth-order valence-corrected chi connectivity index (χ4v) is 2.78. The topological polar surface area (TPSA) is 35.5 Å². The predicted molar refractivity (Wildman–Crippen MR) is 94.2 cm³/mol. The van der Waals surface area contributed by atoms with Crippen molar-refractivity contribution in [2.75, 3.05) is 26.2 Å². The maximum atomic E-state index is 14.2.